The smallest absolute Gasteiger partial charge is 0.243 e. The van der Waals surface area contributed by atoms with Crippen LogP contribution in [0.2, 0.25) is 0 Å². The maximum Gasteiger partial charge on any atom is 0.243 e. The van der Waals surface area contributed by atoms with E-state index in [1.54, 1.807) is 0 Å². The highest BCUT2D eigenvalue weighted by Gasteiger charge is 2.32. The Morgan fingerprint density at radius 3 is 2.27 bits per heavy atom. The highest BCUT2D eigenvalue weighted by molar-refractivity contribution is 7.89. The Morgan fingerprint density at radius 1 is 1.03 bits per heavy atom. The van der Waals surface area contributed by atoms with E-state index in [9.17, 15) is 18.0 Å². The Bertz CT molecular complexity index is 1030. The fourth-order valence-corrected chi connectivity index (χ4v) is 5.52. The first-order chi connectivity index (χ1) is 15.8. The van der Waals surface area contributed by atoms with Gasteiger partial charge in [-0.3, -0.25) is 9.59 Å². The minimum absolute atomic E-state index is 0.00331. The van der Waals surface area contributed by atoms with Crippen LogP contribution in [0.25, 0.3) is 0 Å². The Labute approximate surface area is 196 Å². The van der Waals surface area contributed by atoms with E-state index in [2.05, 4.69) is 29.4 Å². The summed E-state index contributed by atoms with van der Waals surface area (Å²) in [4.78, 5) is 26.4. The normalized spacial score (nSPS) is 15.5. The molecule has 1 N–H and O–H groups in total. The summed E-state index contributed by atoms with van der Waals surface area (Å²) in [6.07, 6.45) is 1.87. The second-order valence-corrected chi connectivity index (χ2v) is 10.6. The third-order valence-corrected chi connectivity index (χ3v) is 7.95. The number of carbonyl (C=O) groups is 2. The summed E-state index contributed by atoms with van der Waals surface area (Å²) in [5, 5.41) is 3.01. The zero-order chi connectivity index (χ0) is 23.8. The summed E-state index contributed by atoms with van der Waals surface area (Å²) in [6.45, 7) is 4.44. The lowest BCUT2D eigenvalue weighted by Gasteiger charge is -2.30. The molecule has 0 atom stereocenters. The van der Waals surface area contributed by atoms with E-state index in [0.29, 0.717) is 38.0 Å². The number of hydrogen-bond donors (Lipinski definition) is 1. The van der Waals surface area contributed by atoms with Gasteiger partial charge >= 0.3 is 0 Å². The van der Waals surface area contributed by atoms with E-state index in [-0.39, 0.29) is 22.5 Å². The van der Waals surface area contributed by atoms with Gasteiger partial charge in [0.1, 0.15) is 0 Å². The minimum atomic E-state index is -3.63. The zero-order valence-electron chi connectivity index (χ0n) is 19.4. The van der Waals surface area contributed by atoms with Crippen LogP contribution in [0.5, 0.6) is 0 Å². The van der Waals surface area contributed by atoms with Crippen molar-refractivity contribution in [1.29, 1.82) is 0 Å². The van der Waals surface area contributed by atoms with E-state index in [1.165, 1.54) is 41.1 Å². The maximum absolute atomic E-state index is 12.9. The van der Waals surface area contributed by atoms with Crippen LogP contribution < -0.4 is 5.32 Å². The first-order valence-corrected chi connectivity index (χ1v) is 12.8. The van der Waals surface area contributed by atoms with Crippen LogP contribution in [-0.4, -0.2) is 62.5 Å². The van der Waals surface area contributed by atoms with E-state index < -0.39 is 10.0 Å². The van der Waals surface area contributed by atoms with Gasteiger partial charge in [0.2, 0.25) is 15.9 Å². The van der Waals surface area contributed by atoms with Gasteiger partial charge in [0.15, 0.2) is 5.78 Å². The Kier molecular flexibility index (Phi) is 8.77. The minimum Gasteiger partial charge on any atom is -0.356 e. The van der Waals surface area contributed by atoms with Crippen molar-refractivity contribution < 1.29 is 18.0 Å². The second-order valence-electron chi connectivity index (χ2n) is 8.63. The van der Waals surface area contributed by atoms with Crippen molar-refractivity contribution in [3.8, 4) is 0 Å². The number of rotatable bonds is 10. The highest BCUT2D eigenvalue weighted by atomic mass is 32.2. The van der Waals surface area contributed by atoms with Gasteiger partial charge in [0.05, 0.1) is 4.90 Å². The molecule has 0 radical (unpaired) electrons. The van der Waals surface area contributed by atoms with Crippen LogP contribution in [0.3, 0.4) is 0 Å². The fourth-order valence-electron chi connectivity index (χ4n) is 4.05. The lowest BCUT2D eigenvalue weighted by Crippen LogP contribution is -2.43. The molecule has 0 aliphatic carbocycles. The molecular formula is C25H33N3O4S. The van der Waals surface area contributed by atoms with Crippen LogP contribution in [0.15, 0.2) is 59.5 Å². The van der Waals surface area contributed by atoms with Gasteiger partial charge in [-0.1, -0.05) is 42.5 Å². The SMILES string of the molecule is CC(=O)c1ccc(S(=O)(=O)N2CCC(C(=O)NCCCN(C)Cc3ccccc3)CC2)cc1. The molecule has 1 aliphatic rings. The number of nitrogens with zero attached hydrogens (tertiary/aromatic N) is 2. The predicted molar refractivity (Wildman–Crippen MR) is 128 cm³/mol. The van der Waals surface area contributed by atoms with E-state index >= 15 is 0 Å². The van der Waals surface area contributed by atoms with Gasteiger partial charge in [-0.2, -0.15) is 4.31 Å². The fraction of sp³-hybridized carbons (Fsp3) is 0.440. The number of piperidine rings is 1. The monoisotopic (exact) mass is 471 g/mol. The molecule has 0 spiro atoms. The summed E-state index contributed by atoms with van der Waals surface area (Å²) in [7, 11) is -1.56. The number of ketones is 1. The number of nitrogens with one attached hydrogen (secondary N) is 1. The largest absolute Gasteiger partial charge is 0.356 e. The van der Waals surface area contributed by atoms with Gasteiger partial charge in [-0.15, -0.1) is 0 Å². The number of sulfonamides is 1. The molecule has 2 aromatic carbocycles. The Hall–Kier alpha value is -2.55. The molecule has 178 valence electrons. The number of hydrogen-bond acceptors (Lipinski definition) is 5. The standard InChI is InChI=1S/C25H33N3O4S/c1-20(29)22-9-11-24(12-10-22)33(31,32)28-17-13-23(14-18-28)25(30)26-15-6-16-27(2)19-21-7-4-3-5-8-21/h3-5,7-12,23H,6,13-19H2,1-2H3,(H,26,30). The third kappa shape index (κ3) is 6.96. The summed E-state index contributed by atoms with van der Waals surface area (Å²) >= 11 is 0. The van der Waals surface area contributed by atoms with Gasteiger partial charge in [0, 0.05) is 37.7 Å². The molecule has 0 unspecified atom stereocenters. The quantitative estimate of drug-likeness (QED) is 0.425. The van der Waals surface area contributed by atoms with Crippen molar-refractivity contribution in [2.75, 3.05) is 33.2 Å². The van der Waals surface area contributed by atoms with Crippen molar-refractivity contribution >= 4 is 21.7 Å². The molecule has 0 saturated carbocycles. The zero-order valence-corrected chi connectivity index (χ0v) is 20.2. The molecule has 7 nitrogen and oxygen atoms in total. The van der Waals surface area contributed by atoms with Crippen molar-refractivity contribution in [2.45, 2.75) is 37.6 Å². The molecule has 1 aliphatic heterocycles. The number of benzene rings is 2. The first-order valence-electron chi connectivity index (χ1n) is 11.4. The molecule has 1 heterocycles. The average molecular weight is 472 g/mol. The molecule has 2 aromatic rings. The van der Waals surface area contributed by atoms with Crippen molar-refractivity contribution in [3.05, 3.63) is 65.7 Å². The molecule has 3 rings (SSSR count). The van der Waals surface area contributed by atoms with Gasteiger partial charge < -0.3 is 10.2 Å². The molecule has 8 heteroatoms. The molecular weight excluding hydrogens is 438 g/mol. The van der Waals surface area contributed by atoms with Gasteiger partial charge in [0.25, 0.3) is 0 Å². The Balaban J connectivity index is 1.40. The topological polar surface area (TPSA) is 86.8 Å². The number of amides is 1. The van der Waals surface area contributed by atoms with Crippen LogP contribution in [0.1, 0.15) is 42.1 Å². The van der Waals surface area contributed by atoms with Gasteiger partial charge in [-0.25, -0.2) is 8.42 Å². The summed E-state index contributed by atoms with van der Waals surface area (Å²) in [5.41, 5.74) is 1.75. The summed E-state index contributed by atoms with van der Waals surface area (Å²) in [6, 6.07) is 16.3. The van der Waals surface area contributed by atoms with Crippen LogP contribution in [-0.2, 0) is 21.4 Å². The van der Waals surface area contributed by atoms with E-state index in [4.69, 9.17) is 0 Å². The van der Waals surface area contributed by atoms with E-state index in [0.717, 1.165) is 19.5 Å². The summed E-state index contributed by atoms with van der Waals surface area (Å²) < 4.78 is 27.2. The van der Waals surface area contributed by atoms with Crippen molar-refractivity contribution in [3.63, 3.8) is 0 Å². The number of carbonyl (C=O) groups excluding carboxylic acids is 2. The van der Waals surface area contributed by atoms with Crippen molar-refractivity contribution in [2.24, 2.45) is 5.92 Å². The van der Waals surface area contributed by atoms with Crippen LogP contribution >= 0.6 is 0 Å². The molecule has 0 bridgehead atoms. The number of Topliss-reactive ketones (excluding diaryl/α,β-unsaturated/α-hetero) is 1. The second kappa shape index (κ2) is 11.5. The molecule has 1 fully saturated rings. The molecule has 1 saturated heterocycles. The lowest BCUT2D eigenvalue weighted by atomic mass is 9.97. The van der Waals surface area contributed by atoms with Crippen LogP contribution in [0, 0.1) is 5.92 Å². The lowest BCUT2D eigenvalue weighted by molar-refractivity contribution is -0.126. The van der Waals surface area contributed by atoms with Crippen LogP contribution in [0.4, 0.5) is 0 Å². The van der Waals surface area contributed by atoms with E-state index in [1.807, 2.05) is 18.2 Å². The third-order valence-electron chi connectivity index (χ3n) is 6.03. The Morgan fingerprint density at radius 2 is 1.67 bits per heavy atom. The molecule has 0 aromatic heterocycles. The van der Waals surface area contributed by atoms with Gasteiger partial charge in [-0.05, 0) is 57.5 Å². The predicted octanol–water partition coefficient (Wildman–Crippen LogP) is 2.93. The molecule has 33 heavy (non-hydrogen) atoms. The average Bonchev–Trinajstić information content (AvgIpc) is 2.82. The first kappa shape index (κ1) is 25.1. The maximum atomic E-state index is 12.9. The summed E-state index contributed by atoms with van der Waals surface area (Å²) in [5.74, 6) is -0.268. The highest BCUT2D eigenvalue weighted by Crippen LogP contribution is 2.24. The van der Waals surface area contributed by atoms with Crippen molar-refractivity contribution in [1.82, 2.24) is 14.5 Å². The molecule has 1 amide bonds.